The highest BCUT2D eigenvalue weighted by atomic mass is 28.4. The number of halogens is 2. The smallest absolute Gasteiger partial charge is 0.261 e. The lowest BCUT2D eigenvalue weighted by Crippen LogP contribution is -2.66. The number of aryl methyl sites for hydroxylation is 1. The molecule has 5 rings (SSSR count). The highest BCUT2D eigenvalue weighted by molar-refractivity contribution is 6.99. The van der Waals surface area contributed by atoms with Gasteiger partial charge in [-0.2, -0.15) is 0 Å². The fraction of sp³-hybridized carbons (Fsp3) is 0.371. The van der Waals surface area contributed by atoms with Gasteiger partial charge in [-0.05, 0) is 40.9 Å². The number of benzene rings is 3. The zero-order valence-corrected chi connectivity index (χ0v) is 27.3. The second kappa shape index (κ2) is 12.8. The number of ketones is 1. The summed E-state index contributed by atoms with van der Waals surface area (Å²) in [5.74, 6) is -2.20. The number of hydrogen-bond acceptors (Lipinski definition) is 5. The van der Waals surface area contributed by atoms with Gasteiger partial charge in [0, 0.05) is 44.5 Å². The number of Topliss-reactive ketones (excluding diaryl/α,β-unsaturated/α-hetero) is 1. The monoisotopic (exact) mass is 617 g/mol. The lowest BCUT2D eigenvalue weighted by molar-refractivity contribution is -0.00553. The molecule has 232 valence electrons. The van der Waals surface area contributed by atoms with Gasteiger partial charge in [0.25, 0.3) is 8.32 Å². The van der Waals surface area contributed by atoms with Crippen molar-refractivity contribution >= 4 is 30.2 Å². The molecule has 1 saturated heterocycles. The number of carbonyl (C=O) groups excluding carboxylic acids is 1. The molecule has 1 aliphatic heterocycles. The van der Waals surface area contributed by atoms with E-state index in [1.807, 2.05) is 55.1 Å². The predicted molar refractivity (Wildman–Crippen MR) is 172 cm³/mol. The summed E-state index contributed by atoms with van der Waals surface area (Å²) in [4.78, 5) is 19.1. The molecule has 0 amide bonds. The van der Waals surface area contributed by atoms with Crippen molar-refractivity contribution in [1.29, 1.82) is 0 Å². The van der Waals surface area contributed by atoms with E-state index in [0.717, 1.165) is 10.4 Å². The van der Waals surface area contributed by atoms with Gasteiger partial charge >= 0.3 is 0 Å². The quantitative estimate of drug-likeness (QED) is 0.175. The third-order valence-corrected chi connectivity index (χ3v) is 13.3. The molecule has 9 heteroatoms. The van der Waals surface area contributed by atoms with E-state index in [0.29, 0.717) is 18.7 Å². The molecule has 44 heavy (non-hydrogen) atoms. The van der Waals surface area contributed by atoms with Crippen molar-refractivity contribution < 1.29 is 22.7 Å². The first-order chi connectivity index (χ1) is 20.9. The number of hydrogen-bond donors (Lipinski definition) is 0. The Balaban J connectivity index is 1.64. The summed E-state index contributed by atoms with van der Waals surface area (Å²) in [6.45, 7) is 11.2. The Morgan fingerprint density at radius 2 is 1.52 bits per heavy atom. The highest BCUT2D eigenvalue weighted by Crippen LogP contribution is 2.39. The second-order valence-electron chi connectivity index (χ2n) is 12.7. The summed E-state index contributed by atoms with van der Waals surface area (Å²) >= 11 is 0. The zero-order valence-electron chi connectivity index (χ0n) is 26.3. The molecule has 1 aliphatic rings. The maximum Gasteiger partial charge on any atom is 0.261 e. The first-order valence-corrected chi connectivity index (χ1v) is 17.0. The minimum Gasteiger partial charge on any atom is -0.403 e. The van der Waals surface area contributed by atoms with Crippen molar-refractivity contribution in [2.45, 2.75) is 64.9 Å². The van der Waals surface area contributed by atoms with Gasteiger partial charge in [0.2, 0.25) is 5.78 Å². The lowest BCUT2D eigenvalue weighted by atomic mass is 10.0. The van der Waals surface area contributed by atoms with Crippen LogP contribution < -0.4 is 15.3 Å². The van der Waals surface area contributed by atoms with Gasteiger partial charge in [0.15, 0.2) is 17.5 Å². The predicted octanol–water partition coefficient (Wildman–Crippen LogP) is 5.81. The van der Waals surface area contributed by atoms with Crippen LogP contribution in [0.3, 0.4) is 0 Å². The van der Waals surface area contributed by atoms with Crippen molar-refractivity contribution in [2.24, 2.45) is 7.05 Å². The first-order valence-electron chi connectivity index (χ1n) is 15.1. The van der Waals surface area contributed by atoms with E-state index in [1.54, 1.807) is 23.9 Å². The maximum absolute atomic E-state index is 16.3. The second-order valence-corrected chi connectivity index (χ2v) is 17.1. The van der Waals surface area contributed by atoms with Crippen LogP contribution in [-0.2, 0) is 29.2 Å². The van der Waals surface area contributed by atoms with Crippen molar-refractivity contribution in [3.63, 3.8) is 0 Å². The molecule has 0 spiro atoms. The largest absolute Gasteiger partial charge is 0.403 e. The fourth-order valence-electron chi connectivity index (χ4n) is 6.50. The van der Waals surface area contributed by atoms with Gasteiger partial charge in [-0.25, -0.2) is 13.8 Å². The summed E-state index contributed by atoms with van der Waals surface area (Å²) < 4.78 is 46.8. The fourth-order valence-corrected chi connectivity index (χ4v) is 11.0. The van der Waals surface area contributed by atoms with E-state index < -0.39 is 25.7 Å². The van der Waals surface area contributed by atoms with E-state index in [9.17, 15) is 4.79 Å². The van der Waals surface area contributed by atoms with E-state index in [4.69, 9.17) is 9.16 Å². The molecule has 1 fully saturated rings. The van der Waals surface area contributed by atoms with Gasteiger partial charge < -0.3 is 18.6 Å². The molecular weight excluding hydrogens is 576 g/mol. The number of morpholine rings is 1. The molecule has 0 unspecified atom stereocenters. The van der Waals surface area contributed by atoms with Crippen LogP contribution in [0, 0.1) is 11.6 Å². The SMILES string of the molecule is C[C@@H]1CN(c2c(CO[Si](c3ccccc3)(c3ccccc3)C(C)(C)C)cc(CC(=O)c3nccn3C)c(F)c2F)C[C@H](C)O1. The average molecular weight is 618 g/mol. The molecular formula is C35H41F2N3O3Si. The van der Waals surface area contributed by atoms with E-state index in [2.05, 4.69) is 50.0 Å². The van der Waals surface area contributed by atoms with Gasteiger partial charge in [-0.1, -0.05) is 81.4 Å². The Morgan fingerprint density at radius 3 is 2.02 bits per heavy atom. The average Bonchev–Trinajstić information content (AvgIpc) is 3.42. The van der Waals surface area contributed by atoms with Crippen LogP contribution in [-0.4, -0.2) is 48.9 Å². The molecule has 2 atom stereocenters. The third-order valence-electron chi connectivity index (χ3n) is 8.35. The number of imidazole rings is 1. The van der Waals surface area contributed by atoms with Gasteiger partial charge in [-0.3, -0.25) is 4.79 Å². The van der Waals surface area contributed by atoms with Gasteiger partial charge in [-0.15, -0.1) is 0 Å². The number of carbonyl (C=O) groups is 1. The Bertz CT molecular complexity index is 1560. The summed E-state index contributed by atoms with van der Waals surface area (Å²) in [5, 5.41) is 1.86. The minimum atomic E-state index is -3.00. The summed E-state index contributed by atoms with van der Waals surface area (Å²) in [6.07, 6.45) is 2.50. The van der Waals surface area contributed by atoms with Crippen LogP contribution >= 0.6 is 0 Å². The summed E-state index contributed by atoms with van der Waals surface area (Å²) in [5.41, 5.74) is 0.645. The Morgan fingerprint density at radius 1 is 0.955 bits per heavy atom. The van der Waals surface area contributed by atoms with Crippen molar-refractivity contribution in [1.82, 2.24) is 9.55 Å². The first kappa shape index (κ1) is 31.8. The molecule has 0 radical (unpaired) electrons. The van der Waals surface area contributed by atoms with Crippen molar-refractivity contribution in [3.05, 3.63) is 108 Å². The topological polar surface area (TPSA) is 56.6 Å². The normalized spacial score (nSPS) is 17.6. The molecule has 0 saturated carbocycles. The van der Waals surface area contributed by atoms with E-state index in [1.165, 1.54) is 6.20 Å². The van der Waals surface area contributed by atoms with Crippen LogP contribution in [0.15, 0.2) is 79.1 Å². The number of anilines is 1. The molecule has 4 aromatic rings. The Kier molecular flexibility index (Phi) is 9.20. The summed E-state index contributed by atoms with van der Waals surface area (Å²) in [7, 11) is -1.30. The molecule has 0 aliphatic carbocycles. The van der Waals surface area contributed by atoms with Crippen LogP contribution in [0.25, 0.3) is 0 Å². The number of nitrogens with zero attached hydrogens (tertiary/aromatic N) is 3. The van der Waals surface area contributed by atoms with Crippen molar-refractivity contribution in [3.8, 4) is 0 Å². The van der Waals surface area contributed by atoms with Crippen LogP contribution in [0.2, 0.25) is 5.04 Å². The molecule has 6 nitrogen and oxygen atoms in total. The zero-order chi connectivity index (χ0) is 31.6. The minimum absolute atomic E-state index is 0.0188. The number of ether oxygens (including phenoxy) is 1. The highest BCUT2D eigenvalue weighted by Gasteiger charge is 2.50. The third kappa shape index (κ3) is 6.13. The van der Waals surface area contributed by atoms with E-state index >= 15 is 8.78 Å². The van der Waals surface area contributed by atoms with Crippen LogP contribution in [0.4, 0.5) is 14.5 Å². The number of aromatic nitrogens is 2. The molecule has 0 bridgehead atoms. The van der Waals surface area contributed by atoms with Gasteiger partial charge in [0.05, 0.1) is 24.5 Å². The lowest BCUT2D eigenvalue weighted by Gasteiger charge is -2.43. The molecule has 0 N–H and O–H groups in total. The van der Waals surface area contributed by atoms with Crippen molar-refractivity contribution in [2.75, 3.05) is 18.0 Å². The van der Waals surface area contributed by atoms with Gasteiger partial charge in [0.1, 0.15) is 0 Å². The molecule has 2 heterocycles. The van der Waals surface area contributed by atoms with E-state index in [-0.39, 0.29) is 47.3 Å². The number of rotatable bonds is 9. The van der Waals surface area contributed by atoms with Crippen LogP contribution in [0.5, 0.6) is 0 Å². The molecule has 3 aromatic carbocycles. The Hall–Kier alpha value is -3.66. The molecule has 1 aromatic heterocycles. The maximum atomic E-state index is 16.3. The van der Waals surface area contributed by atoms with Crippen LogP contribution in [0.1, 0.15) is 56.4 Å². The Labute approximate surface area is 259 Å². The summed E-state index contributed by atoms with van der Waals surface area (Å²) in [6, 6.07) is 22.0. The standard InChI is InChI=1S/C35H41F2N3O3Si/c1-24-21-40(22-25(2)43-24)33-27(19-26(31(36)32(33)37)20-30(41)34-38-17-18-39(34)6)23-42-44(35(3,4)5,28-13-9-7-10-14-28)29-15-11-8-12-16-29/h7-19,24-25H,20-23H2,1-6H3/t24-,25+.